The summed E-state index contributed by atoms with van der Waals surface area (Å²) in [5, 5.41) is 0. The van der Waals surface area contributed by atoms with E-state index in [1.807, 2.05) is 54.0 Å². The number of hydrogen-bond donors (Lipinski definition) is 1. The first-order valence-electron chi connectivity index (χ1n) is 7.98. The summed E-state index contributed by atoms with van der Waals surface area (Å²) in [6.45, 7) is 4.16. The van der Waals surface area contributed by atoms with Gasteiger partial charge in [-0.1, -0.05) is 37.3 Å². The maximum atomic E-state index is 11.4. The molecular weight excluding hydrogens is 302 g/mol. The van der Waals surface area contributed by atoms with Gasteiger partial charge >= 0.3 is 0 Å². The summed E-state index contributed by atoms with van der Waals surface area (Å²) in [5.41, 5.74) is 8.28. The van der Waals surface area contributed by atoms with Crippen molar-refractivity contribution in [1.82, 2.24) is 9.55 Å². The first-order chi connectivity index (χ1) is 11.5. The molecule has 2 aromatic heterocycles. The second-order valence-electron chi connectivity index (χ2n) is 6.05. The molecule has 0 aliphatic carbocycles. The fourth-order valence-corrected chi connectivity index (χ4v) is 2.87. The van der Waals surface area contributed by atoms with Crippen LogP contribution in [0.4, 0.5) is 0 Å². The van der Waals surface area contributed by atoms with Crippen LogP contribution in [0.2, 0.25) is 0 Å². The highest BCUT2D eigenvalue weighted by molar-refractivity contribution is 5.74. The van der Waals surface area contributed by atoms with Gasteiger partial charge in [0, 0.05) is 17.2 Å². The first kappa shape index (κ1) is 16.1. The van der Waals surface area contributed by atoms with Gasteiger partial charge < -0.3 is 14.7 Å². The van der Waals surface area contributed by atoms with E-state index in [9.17, 15) is 4.79 Å². The van der Waals surface area contributed by atoms with Crippen molar-refractivity contribution in [3.63, 3.8) is 0 Å². The van der Waals surface area contributed by atoms with E-state index in [1.165, 1.54) is 0 Å². The minimum atomic E-state index is -0.380. The Balaban J connectivity index is 1.96. The monoisotopic (exact) mass is 323 g/mol. The maximum absolute atomic E-state index is 11.4. The summed E-state index contributed by atoms with van der Waals surface area (Å²) >= 11 is 0. The average molecular weight is 323 g/mol. The third-order valence-corrected chi connectivity index (χ3v) is 4.07. The van der Waals surface area contributed by atoms with E-state index in [0.717, 1.165) is 28.5 Å². The number of carbonyl (C=O) groups is 1. The van der Waals surface area contributed by atoms with E-state index in [-0.39, 0.29) is 18.4 Å². The molecule has 0 fully saturated rings. The third-order valence-electron chi connectivity index (χ3n) is 4.07. The average Bonchev–Trinajstić information content (AvgIpc) is 3.15. The van der Waals surface area contributed by atoms with E-state index >= 15 is 0 Å². The van der Waals surface area contributed by atoms with Crippen LogP contribution in [-0.2, 0) is 17.8 Å². The molecule has 1 atom stereocenters. The first-order valence-corrected chi connectivity index (χ1v) is 7.98. The van der Waals surface area contributed by atoms with Crippen LogP contribution in [-0.4, -0.2) is 15.5 Å². The molecule has 124 valence electrons. The summed E-state index contributed by atoms with van der Waals surface area (Å²) in [4.78, 5) is 15.9. The molecule has 3 rings (SSSR count). The number of aromatic nitrogens is 2. The van der Waals surface area contributed by atoms with Gasteiger partial charge in [0.15, 0.2) is 0 Å². The highest BCUT2D eigenvalue weighted by Gasteiger charge is 2.19. The lowest BCUT2D eigenvalue weighted by molar-refractivity contribution is -0.118. The van der Waals surface area contributed by atoms with Gasteiger partial charge in [-0.2, -0.15) is 0 Å². The van der Waals surface area contributed by atoms with Crippen LogP contribution in [0.1, 0.15) is 30.1 Å². The molecule has 5 heteroatoms. The lowest BCUT2D eigenvalue weighted by atomic mass is 9.99. The lowest BCUT2D eigenvalue weighted by Crippen LogP contribution is -2.20. The SMILES string of the molecule is Cc1ccc([C@H](C)Cc2c(-c3ccccc3)ncn2CC(N)=O)o1. The molecule has 0 saturated carbocycles. The van der Waals surface area contributed by atoms with Crippen molar-refractivity contribution in [2.75, 3.05) is 0 Å². The lowest BCUT2D eigenvalue weighted by Gasteiger charge is -2.13. The molecule has 0 aliphatic rings. The predicted molar refractivity (Wildman–Crippen MR) is 92.4 cm³/mol. The minimum absolute atomic E-state index is 0.124. The topological polar surface area (TPSA) is 74.1 Å². The largest absolute Gasteiger partial charge is 0.466 e. The zero-order valence-electron chi connectivity index (χ0n) is 13.9. The van der Waals surface area contributed by atoms with Gasteiger partial charge in [-0.25, -0.2) is 4.98 Å². The number of hydrogen-bond acceptors (Lipinski definition) is 3. The summed E-state index contributed by atoms with van der Waals surface area (Å²) in [5.74, 6) is 1.61. The second-order valence-corrected chi connectivity index (χ2v) is 6.05. The van der Waals surface area contributed by atoms with Gasteiger partial charge in [-0.05, 0) is 25.5 Å². The molecule has 0 unspecified atom stereocenters. The Morgan fingerprint density at radius 1 is 1.25 bits per heavy atom. The van der Waals surface area contributed by atoms with Crippen LogP contribution < -0.4 is 5.73 Å². The number of nitrogens with two attached hydrogens (primary N) is 1. The van der Waals surface area contributed by atoms with Gasteiger partial charge in [0.25, 0.3) is 0 Å². The zero-order chi connectivity index (χ0) is 17.1. The molecule has 5 nitrogen and oxygen atoms in total. The van der Waals surface area contributed by atoms with Crippen molar-refractivity contribution in [1.29, 1.82) is 0 Å². The van der Waals surface area contributed by atoms with Crippen molar-refractivity contribution < 1.29 is 9.21 Å². The van der Waals surface area contributed by atoms with Crippen LogP contribution in [0.3, 0.4) is 0 Å². The Labute approximate surface area is 141 Å². The number of rotatable bonds is 6. The molecule has 0 aliphatic heterocycles. The number of carbonyl (C=O) groups excluding carboxylic acids is 1. The fourth-order valence-electron chi connectivity index (χ4n) is 2.87. The molecule has 2 heterocycles. The Morgan fingerprint density at radius 3 is 2.62 bits per heavy atom. The number of imidazole rings is 1. The van der Waals surface area contributed by atoms with E-state index in [1.54, 1.807) is 6.33 Å². The normalized spacial score (nSPS) is 12.2. The second kappa shape index (κ2) is 6.74. The molecule has 2 N–H and O–H groups in total. The van der Waals surface area contributed by atoms with E-state index < -0.39 is 0 Å². The molecule has 1 amide bonds. The number of benzene rings is 1. The highest BCUT2D eigenvalue weighted by atomic mass is 16.3. The molecule has 0 radical (unpaired) electrons. The Morgan fingerprint density at radius 2 is 2.00 bits per heavy atom. The zero-order valence-corrected chi connectivity index (χ0v) is 13.9. The van der Waals surface area contributed by atoms with Crippen LogP contribution in [0, 0.1) is 6.92 Å². The van der Waals surface area contributed by atoms with Crippen molar-refractivity contribution in [2.24, 2.45) is 5.73 Å². The smallest absolute Gasteiger partial charge is 0.237 e. The quantitative estimate of drug-likeness (QED) is 0.756. The molecule has 1 aromatic carbocycles. The van der Waals surface area contributed by atoms with Crippen LogP contribution in [0.15, 0.2) is 53.2 Å². The van der Waals surface area contributed by atoms with Crippen molar-refractivity contribution in [3.05, 3.63) is 66.0 Å². The molecule has 3 aromatic rings. The van der Waals surface area contributed by atoms with Crippen molar-refractivity contribution in [3.8, 4) is 11.3 Å². The van der Waals surface area contributed by atoms with Gasteiger partial charge in [0.2, 0.25) is 5.91 Å². The molecular formula is C19H21N3O2. The fraction of sp³-hybridized carbons (Fsp3) is 0.263. The number of furan rings is 1. The third kappa shape index (κ3) is 3.40. The molecule has 24 heavy (non-hydrogen) atoms. The van der Waals surface area contributed by atoms with Gasteiger partial charge in [-0.15, -0.1) is 0 Å². The van der Waals surface area contributed by atoms with Crippen molar-refractivity contribution in [2.45, 2.75) is 32.7 Å². The summed E-state index contributed by atoms with van der Waals surface area (Å²) < 4.78 is 7.57. The van der Waals surface area contributed by atoms with Crippen LogP contribution >= 0.6 is 0 Å². The minimum Gasteiger partial charge on any atom is -0.466 e. The van der Waals surface area contributed by atoms with Gasteiger partial charge in [0.1, 0.15) is 18.1 Å². The standard InChI is InChI=1S/C19H21N3O2/c1-13(17-9-8-14(2)24-17)10-16-19(15-6-4-3-5-7-15)21-12-22(16)11-18(20)23/h3-9,12-13H,10-11H2,1-2H3,(H2,20,23)/t13-/m1/s1. The maximum Gasteiger partial charge on any atom is 0.237 e. The molecule has 0 spiro atoms. The Hall–Kier alpha value is -2.82. The van der Waals surface area contributed by atoms with Crippen molar-refractivity contribution >= 4 is 5.91 Å². The summed E-state index contributed by atoms with van der Waals surface area (Å²) in [6.07, 6.45) is 2.40. The van der Waals surface area contributed by atoms with Gasteiger partial charge in [-0.3, -0.25) is 4.79 Å². The highest BCUT2D eigenvalue weighted by Crippen LogP contribution is 2.28. The van der Waals surface area contributed by atoms with Crippen LogP contribution in [0.25, 0.3) is 11.3 Å². The molecule has 0 saturated heterocycles. The number of nitrogens with zero attached hydrogens (tertiary/aromatic N) is 2. The summed E-state index contributed by atoms with van der Waals surface area (Å²) in [7, 11) is 0. The predicted octanol–water partition coefficient (Wildman–Crippen LogP) is 3.28. The van der Waals surface area contributed by atoms with Gasteiger partial charge in [0.05, 0.1) is 12.0 Å². The summed E-state index contributed by atoms with van der Waals surface area (Å²) in [6, 6.07) is 13.9. The Bertz CT molecular complexity index is 833. The Kier molecular flexibility index (Phi) is 4.51. The van der Waals surface area contributed by atoms with E-state index in [2.05, 4.69) is 11.9 Å². The number of aryl methyl sites for hydroxylation is 1. The molecule has 0 bridgehead atoms. The number of primary amides is 1. The number of amides is 1. The van der Waals surface area contributed by atoms with E-state index in [0.29, 0.717) is 6.42 Å². The van der Waals surface area contributed by atoms with Crippen LogP contribution in [0.5, 0.6) is 0 Å². The van der Waals surface area contributed by atoms with E-state index in [4.69, 9.17) is 10.2 Å².